The first-order valence-electron chi connectivity index (χ1n) is 6.23. The highest BCUT2D eigenvalue weighted by Gasteiger charge is 2.07. The summed E-state index contributed by atoms with van der Waals surface area (Å²) in [6, 6.07) is 10.5. The zero-order chi connectivity index (χ0) is 14.1. The third kappa shape index (κ3) is 2.47. The molecule has 1 aromatic heterocycles. The molecule has 3 aromatic rings. The van der Waals surface area contributed by atoms with Gasteiger partial charge in [-0.05, 0) is 30.3 Å². The molecular weight excluding hydrogens is 277 g/mol. The Labute approximate surface area is 121 Å². The van der Waals surface area contributed by atoms with E-state index in [-0.39, 0.29) is 5.82 Å². The molecule has 20 heavy (non-hydrogen) atoms. The van der Waals surface area contributed by atoms with Crippen LogP contribution < -0.4 is 5.32 Å². The Morgan fingerprint density at radius 1 is 1.30 bits per heavy atom. The van der Waals surface area contributed by atoms with E-state index in [1.807, 2.05) is 31.4 Å². The van der Waals surface area contributed by atoms with Crippen molar-refractivity contribution in [1.82, 2.24) is 9.78 Å². The predicted octanol–water partition coefficient (Wildman–Crippen LogP) is 3.98. The standard InChI is InChI=1S/C15H13ClFN3/c1-20-9-10-5-6-11(7-15(10)19-20)18-8-12-13(16)3-2-4-14(12)17/h2-7,9,18H,8H2,1H3. The van der Waals surface area contributed by atoms with Crippen molar-refractivity contribution in [2.24, 2.45) is 7.05 Å². The van der Waals surface area contributed by atoms with Gasteiger partial charge in [0.05, 0.1) is 5.52 Å². The fourth-order valence-electron chi connectivity index (χ4n) is 2.14. The number of rotatable bonds is 3. The van der Waals surface area contributed by atoms with E-state index in [4.69, 9.17) is 11.6 Å². The van der Waals surface area contributed by atoms with Gasteiger partial charge in [-0.15, -0.1) is 0 Å². The maximum atomic E-state index is 13.7. The molecule has 0 saturated carbocycles. The largest absolute Gasteiger partial charge is 0.381 e. The van der Waals surface area contributed by atoms with Crippen LogP contribution in [-0.2, 0) is 13.6 Å². The van der Waals surface area contributed by atoms with Gasteiger partial charge < -0.3 is 5.32 Å². The minimum absolute atomic E-state index is 0.302. The molecule has 0 aliphatic heterocycles. The van der Waals surface area contributed by atoms with Crippen LogP contribution >= 0.6 is 11.6 Å². The SMILES string of the molecule is Cn1cc2ccc(NCc3c(F)cccc3Cl)cc2n1. The lowest BCUT2D eigenvalue weighted by molar-refractivity contribution is 0.613. The summed E-state index contributed by atoms with van der Waals surface area (Å²) in [5.74, 6) is -0.302. The summed E-state index contributed by atoms with van der Waals surface area (Å²) in [5.41, 5.74) is 2.25. The van der Waals surface area contributed by atoms with Crippen LogP contribution in [0.5, 0.6) is 0 Å². The minimum Gasteiger partial charge on any atom is -0.381 e. The van der Waals surface area contributed by atoms with Crippen LogP contribution in [0.25, 0.3) is 10.9 Å². The number of fused-ring (bicyclic) bond motifs is 1. The molecule has 1 heterocycles. The van der Waals surface area contributed by atoms with Gasteiger partial charge in [-0.2, -0.15) is 5.10 Å². The number of aromatic nitrogens is 2. The average Bonchev–Trinajstić information content (AvgIpc) is 2.77. The third-order valence-corrected chi connectivity index (χ3v) is 3.51. The molecular formula is C15H13ClFN3. The summed E-state index contributed by atoms with van der Waals surface area (Å²) in [5, 5.41) is 9.01. The van der Waals surface area contributed by atoms with Crippen molar-refractivity contribution in [2.75, 3.05) is 5.32 Å². The highest BCUT2D eigenvalue weighted by atomic mass is 35.5. The molecule has 0 fully saturated rings. The number of nitrogens with one attached hydrogen (secondary N) is 1. The van der Waals surface area contributed by atoms with Gasteiger partial charge in [-0.25, -0.2) is 4.39 Å². The summed E-state index contributed by atoms with van der Waals surface area (Å²) in [6.45, 7) is 0.337. The molecule has 0 spiro atoms. The van der Waals surface area contributed by atoms with Crippen LogP contribution in [0.3, 0.4) is 0 Å². The molecule has 1 N–H and O–H groups in total. The highest BCUT2D eigenvalue weighted by molar-refractivity contribution is 6.31. The number of nitrogens with zero attached hydrogens (tertiary/aromatic N) is 2. The highest BCUT2D eigenvalue weighted by Crippen LogP contribution is 2.22. The van der Waals surface area contributed by atoms with Crippen LogP contribution in [0.4, 0.5) is 10.1 Å². The zero-order valence-electron chi connectivity index (χ0n) is 10.9. The molecule has 0 atom stereocenters. The number of hydrogen-bond donors (Lipinski definition) is 1. The Kier molecular flexibility index (Phi) is 3.32. The smallest absolute Gasteiger partial charge is 0.129 e. The zero-order valence-corrected chi connectivity index (χ0v) is 11.7. The average molecular weight is 290 g/mol. The van der Waals surface area contributed by atoms with Gasteiger partial charge in [-0.3, -0.25) is 4.68 Å². The third-order valence-electron chi connectivity index (χ3n) is 3.15. The maximum absolute atomic E-state index is 13.7. The number of anilines is 1. The van der Waals surface area contributed by atoms with Crippen molar-refractivity contribution in [3.05, 3.63) is 59.0 Å². The maximum Gasteiger partial charge on any atom is 0.129 e. The van der Waals surface area contributed by atoms with E-state index >= 15 is 0 Å². The lowest BCUT2D eigenvalue weighted by Gasteiger charge is -2.09. The summed E-state index contributed by atoms with van der Waals surface area (Å²) < 4.78 is 15.4. The van der Waals surface area contributed by atoms with E-state index in [0.29, 0.717) is 17.1 Å². The Morgan fingerprint density at radius 3 is 2.95 bits per heavy atom. The summed E-state index contributed by atoms with van der Waals surface area (Å²) >= 11 is 6.00. The Bertz CT molecular complexity index is 747. The Morgan fingerprint density at radius 2 is 2.15 bits per heavy atom. The van der Waals surface area contributed by atoms with E-state index in [0.717, 1.165) is 16.6 Å². The number of benzene rings is 2. The van der Waals surface area contributed by atoms with E-state index in [1.165, 1.54) is 6.07 Å². The van der Waals surface area contributed by atoms with Gasteiger partial charge in [0.1, 0.15) is 5.82 Å². The Hall–Kier alpha value is -2.07. The molecule has 3 nitrogen and oxygen atoms in total. The van der Waals surface area contributed by atoms with Crippen LogP contribution in [0.1, 0.15) is 5.56 Å². The van der Waals surface area contributed by atoms with Crippen LogP contribution in [0, 0.1) is 5.82 Å². The second-order valence-electron chi connectivity index (χ2n) is 4.63. The van der Waals surface area contributed by atoms with Crippen molar-refractivity contribution in [2.45, 2.75) is 6.54 Å². The van der Waals surface area contributed by atoms with Gasteiger partial charge in [0.25, 0.3) is 0 Å². The van der Waals surface area contributed by atoms with E-state index < -0.39 is 0 Å². The first-order chi connectivity index (χ1) is 9.63. The fraction of sp³-hybridized carbons (Fsp3) is 0.133. The van der Waals surface area contributed by atoms with Gasteiger partial charge in [0.2, 0.25) is 0 Å². The van der Waals surface area contributed by atoms with Crippen molar-refractivity contribution < 1.29 is 4.39 Å². The van der Waals surface area contributed by atoms with Crippen LogP contribution in [0.15, 0.2) is 42.6 Å². The molecule has 3 rings (SSSR count). The monoisotopic (exact) mass is 289 g/mol. The normalized spacial score (nSPS) is 10.9. The van der Waals surface area contributed by atoms with Crippen molar-refractivity contribution in [3.8, 4) is 0 Å². The molecule has 0 unspecified atom stereocenters. The van der Waals surface area contributed by atoms with E-state index in [1.54, 1.807) is 16.8 Å². The van der Waals surface area contributed by atoms with Crippen LogP contribution in [-0.4, -0.2) is 9.78 Å². The second-order valence-corrected chi connectivity index (χ2v) is 5.04. The number of aryl methyl sites for hydroxylation is 1. The second kappa shape index (κ2) is 5.13. The number of hydrogen-bond acceptors (Lipinski definition) is 2. The summed E-state index contributed by atoms with van der Waals surface area (Å²) in [7, 11) is 1.88. The van der Waals surface area contributed by atoms with E-state index in [9.17, 15) is 4.39 Å². The van der Waals surface area contributed by atoms with Crippen LogP contribution in [0.2, 0.25) is 5.02 Å². The molecule has 102 valence electrons. The molecule has 0 bridgehead atoms. The quantitative estimate of drug-likeness (QED) is 0.790. The molecule has 2 aromatic carbocycles. The molecule has 0 aliphatic carbocycles. The van der Waals surface area contributed by atoms with Crippen molar-refractivity contribution in [1.29, 1.82) is 0 Å². The molecule has 0 radical (unpaired) electrons. The van der Waals surface area contributed by atoms with Gasteiger partial charge in [0.15, 0.2) is 0 Å². The molecule has 5 heteroatoms. The van der Waals surface area contributed by atoms with Gasteiger partial charge in [-0.1, -0.05) is 17.7 Å². The molecule has 0 amide bonds. The Balaban J connectivity index is 1.83. The first kappa shape index (κ1) is 12.9. The first-order valence-corrected chi connectivity index (χ1v) is 6.61. The van der Waals surface area contributed by atoms with E-state index in [2.05, 4.69) is 10.4 Å². The molecule has 0 aliphatic rings. The van der Waals surface area contributed by atoms with Crippen molar-refractivity contribution in [3.63, 3.8) is 0 Å². The predicted molar refractivity (Wildman–Crippen MR) is 79.5 cm³/mol. The minimum atomic E-state index is -0.302. The lowest BCUT2D eigenvalue weighted by Crippen LogP contribution is -2.02. The van der Waals surface area contributed by atoms with Gasteiger partial charge >= 0.3 is 0 Å². The van der Waals surface area contributed by atoms with Gasteiger partial charge in [0, 0.05) is 41.4 Å². The summed E-state index contributed by atoms with van der Waals surface area (Å²) in [6.07, 6.45) is 1.95. The van der Waals surface area contributed by atoms with Crippen molar-refractivity contribution >= 4 is 28.2 Å². The summed E-state index contributed by atoms with van der Waals surface area (Å²) in [4.78, 5) is 0. The fourth-order valence-corrected chi connectivity index (χ4v) is 2.37. The molecule has 0 saturated heterocycles. The number of halogens is 2. The topological polar surface area (TPSA) is 29.9 Å². The lowest BCUT2D eigenvalue weighted by atomic mass is 10.2.